The number of nitrogens with zero attached hydrogens (tertiary/aromatic N) is 1. The first-order chi connectivity index (χ1) is 10.0. The molecule has 21 heavy (non-hydrogen) atoms. The number of likely N-dealkylation sites (tertiary alicyclic amines) is 1. The van der Waals surface area contributed by atoms with Crippen molar-refractivity contribution in [1.29, 1.82) is 0 Å². The van der Waals surface area contributed by atoms with Gasteiger partial charge in [-0.2, -0.15) is 0 Å². The Hall–Kier alpha value is -2.39. The Morgan fingerprint density at radius 3 is 2.86 bits per heavy atom. The third-order valence-corrected chi connectivity index (χ3v) is 3.39. The van der Waals surface area contributed by atoms with Gasteiger partial charge in [-0.1, -0.05) is 11.8 Å². The van der Waals surface area contributed by atoms with E-state index in [2.05, 4.69) is 11.8 Å². The molecule has 3 N–H and O–H groups in total. The van der Waals surface area contributed by atoms with E-state index in [1.165, 1.54) is 17.0 Å². The van der Waals surface area contributed by atoms with Crippen molar-refractivity contribution in [3.05, 3.63) is 35.1 Å². The molecule has 0 saturated carbocycles. The molecular formula is C15H15FN2O3. The second-order valence-electron chi connectivity index (χ2n) is 4.79. The van der Waals surface area contributed by atoms with Crippen molar-refractivity contribution in [2.24, 2.45) is 11.7 Å². The molecule has 6 heteroatoms. The van der Waals surface area contributed by atoms with Crippen LogP contribution in [0.1, 0.15) is 22.3 Å². The van der Waals surface area contributed by atoms with Gasteiger partial charge in [0.25, 0.3) is 5.91 Å². The molecule has 5 nitrogen and oxygen atoms in total. The Bertz CT molecular complexity index is 634. The van der Waals surface area contributed by atoms with Crippen LogP contribution in [-0.2, 0) is 4.79 Å². The summed E-state index contributed by atoms with van der Waals surface area (Å²) in [6.07, 6.45) is 0.493. The van der Waals surface area contributed by atoms with Gasteiger partial charge in [0.2, 0.25) is 5.91 Å². The standard InChI is InChI=1S/C15H15FN2O3/c16-13-4-3-10(2-1-7-19)8-12(13)15(21)18-6-5-11(9-18)14(17)20/h3-4,8,11,19H,5-7,9H2,(H2,17,20). The summed E-state index contributed by atoms with van der Waals surface area (Å²) in [6.45, 7) is 0.269. The van der Waals surface area contributed by atoms with Crippen molar-refractivity contribution < 1.29 is 19.1 Å². The maximum Gasteiger partial charge on any atom is 0.256 e. The summed E-state index contributed by atoms with van der Waals surface area (Å²) in [7, 11) is 0. The molecule has 1 aliphatic heterocycles. The Morgan fingerprint density at radius 1 is 1.48 bits per heavy atom. The topological polar surface area (TPSA) is 83.6 Å². The minimum atomic E-state index is -0.642. The van der Waals surface area contributed by atoms with Crippen molar-refractivity contribution in [2.45, 2.75) is 6.42 Å². The van der Waals surface area contributed by atoms with Crippen LogP contribution in [0.2, 0.25) is 0 Å². The molecular weight excluding hydrogens is 275 g/mol. The van der Waals surface area contributed by atoms with Gasteiger partial charge in [-0.25, -0.2) is 4.39 Å². The van der Waals surface area contributed by atoms with Crippen LogP contribution in [-0.4, -0.2) is 41.5 Å². The zero-order valence-corrected chi connectivity index (χ0v) is 11.3. The fourth-order valence-corrected chi connectivity index (χ4v) is 2.26. The maximum absolute atomic E-state index is 13.8. The number of aliphatic hydroxyl groups is 1. The lowest BCUT2D eigenvalue weighted by molar-refractivity contribution is -0.121. The molecule has 2 rings (SSSR count). The highest BCUT2D eigenvalue weighted by Gasteiger charge is 2.31. The van der Waals surface area contributed by atoms with Crippen LogP contribution in [0.3, 0.4) is 0 Å². The number of benzene rings is 1. The molecule has 1 heterocycles. The summed E-state index contributed by atoms with van der Waals surface area (Å²) in [6, 6.07) is 3.94. The van der Waals surface area contributed by atoms with Crippen LogP contribution in [0.15, 0.2) is 18.2 Å². The lowest BCUT2D eigenvalue weighted by Crippen LogP contribution is -2.32. The summed E-state index contributed by atoms with van der Waals surface area (Å²) in [5.74, 6) is 3.11. The number of carbonyl (C=O) groups is 2. The van der Waals surface area contributed by atoms with Crippen LogP contribution in [0, 0.1) is 23.6 Å². The SMILES string of the molecule is NC(=O)C1CCN(C(=O)c2cc(C#CCO)ccc2F)C1. The average Bonchev–Trinajstić information content (AvgIpc) is 2.95. The van der Waals surface area contributed by atoms with Crippen LogP contribution in [0.25, 0.3) is 0 Å². The first kappa shape index (κ1) is 15.0. The van der Waals surface area contributed by atoms with Crippen LogP contribution in [0.4, 0.5) is 4.39 Å². The van der Waals surface area contributed by atoms with Gasteiger partial charge in [-0.15, -0.1) is 0 Å². The molecule has 1 saturated heterocycles. The number of hydrogen-bond acceptors (Lipinski definition) is 3. The second kappa shape index (κ2) is 6.37. The van der Waals surface area contributed by atoms with Gasteiger partial charge in [-0.05, 0) is 24.6 Å². The number of rotatable bonds is 2. The smallest absolute Gasteiger partial charge is 0.256 e. The molecule has 1 aliphatic rings. The van der Waals surface area contributed by atoms with E-state index in [1.54, 1.807) is 0 Å². The zero-order valence-electron chi connectivity index (χ0n) is 11.3. The lowest BCUT2D eigenvalue weighted by atomic mass is 10.1. The van der Waals surface area contributed by atoms with Gasteiger partial charge >= 0.3 is 0 Å². The highest BCUT2D eigenvalue weighted by Crippen LogP contribution is 2.20. The van der Waals surface area contributed by atoms with E-state index in [-0.39, 0.29) is 24.6 Å². The van der Waals surface area contributed by atoms with E-state index in [0.717, 1.165) is 6.07 Å². The van der Waals surface area contributed by atoms with E-state index in [1.807, 2.05) is 0 Å². The summed E-state index contributed by atoms with van der Waals surface area (Å²) in [5, 5.41) is 8.65. The third kappa shape index (κ3) is 3.38. The molecule has 2 amide bonds. The minimum Gasteiger partial charge on any atom is -0.384 e. The molecule has 1 atom stereocenters. The fraction of sp³-hybridized carbons (Fsp3) is 0.333. The van der Waals surface area contributed by atoms with E-state index in [9.17, 15) is 14.0 Å². The first-order valence-corrected chi connectivity index (χ1v) is 6.50. The minimum absolute atomic E-state index is 0.0927. The highest BCUT2D eigenvalue weighted by atomic mass is 19.1. The van der Waals surface area contributed by atoms with E-state index in [4.69, 9.17) is 10.8 Å². The summed E-state index contributed by atoms with van der Waals surface area (Å²) in [4.78, 5) is 24.8. The lowest BCUT2D eigenvalue weighted by Gasteiger charge is -2.16. The van der Waals surface area contributed by atoms with E-state index < -0.39 is 17.6 Å². The van der Waals surface area contributed by atoms with Crippen LogP contribution in [0.5, 0.6) is 0 Å². The number of halogens is 1. The van der Waals surface area contributed by atoms with Crippen molar-refractivity contribution >= 4 is 11.8 Å². The molecule has 1 fully saturated rings. The number of hydrogen-bond donors (Lipinski definition) is 2. The van der Waals surface area contributed by atoms with Crippen molar-refractivity contribution in [2.75, 3.05) is 19.7 Å². The monoisotopic (exact) mass is 290 g/mol. The van der Waals surface area contributed by atoms with Crippen molar-refractivity contribution in [1.82, 2.24) is 4.90 Å². The number of carbonyl (C=O) groups excluding carboxylic acids is 2. The quantitative estimate of drug-likeness (QED) is 0.759. The van der Waals surface area contributed by atoms with E-state index in [0.29, 0.717) is 18.5 Å². The summed E-state index contributed by atoms with van der Waals surface area (Å²) in [5.41, 5.74) is 5.57. The maximum atomic E-state index is 13.8. The molecule has 0 aliphatic carbocycles. The van der Waals surface area contributed by atoms with Gasteiger partial charge < -0.3 is 15.7 Å². The molecule has 110 valence electrons. The molecule has 1 unspecified atom stereocenters. The first-order valence-electron chi connectivity index (χ1n) is 6.50. The van der Waals surface area contributed by atoms with E-state index >= 15 is 0 Å². The Morgan fingerprint density at radius 2 is 2.24 bits per heavy atom. The van der Waals surface area contributed by atoms with Crippen LogP contribution < -0.4 is 5.73 Å². The molecule has 1 aromatic rings. The third-order valence-electron chi connectivity index (χ3n) is 3.39. The molecule has 0 bridgehead atoms. The Balaban J connectivity index is 2.21. The number of amides is 2. The number of aliphatic hydroxyl groups excluding tert-OH is 1. The largest absolute Gasteiger partial charge is 0.384 e. The number of primary amides is 1. The molecule has 0 aromatic heterocycles. The summed E-state index contributed by atoms with van der Waals surface area (Å²) >= 11 is 0. The van der Waals surface area contributed by atoms with Crippen LogP contribution >= 0.6 is 0 Å². The second-order valence-corrected chi connectivity index (χ2v) is 4.79. The average molecular weight is 290 g/mol. The fourth-order valence-electron chi connectivity index (χ4n) is 2.26. The normalized spacial score (nSPS) is 17.2. The van der Waals surface area contributed by atoms with Gasteiger partial charge in [0.05, 0.1) is 11.5 Å². The predicted octanol–water partition coefficient (Wildman–Crippen LogP) is 0.117. The zero-order chi connectivity index (χ0) is 15.4. The van der Waals surface area contributed by atoms with Crippen molar-refractivity contribution in [3.8, 4) is 11.8 Å². The predicted molar refractivity (Wildman–Crippen MR) is 73.6 cm³/mol. The Labute approximate surface area is 121 Å². The van der Waals surface area contributed by atoms with Gasteiger partial charge in [0.15, 0.2) is 0 Å². The Kier molecular flexibility index (Phi) is 4.55. The molecule has 1 aromatic carbocycles. The summed E-state index contributed by atoms with van der Waals surface area (Å²) < 4.78 is 13.8. The molecule has 0 radical (unpaired) electrons. The van der Waals surface area contributed by atoms with Gasteiger partial charge in [0, 0.05) is 18.7 Å². The molecule has 0 spiro atoms. The number of nitrogens with two attached hydrogens (primary N) is 1. The van der Waals surface area contributed by atoms with Gasteiger partial charge in [-0.3, -0.25) is 9.59 Å². The van der Waals surface area contributed by atoms with Gasteiger partial charge in [0.1, 0.15) is 12.4 Å². The highest BCUT2D eigenvalue weighted by molar-refractivity contribution is 5.95. The van der Waals surface area contributed by atoms with Crippen molar-refractivity contribution in [3.63, 3.8) is 0 Å².